The van der Waals surface area contributed by atoms with Gasteiger partial charge in [0.2, 0.25) is 5.91 Å². The van der Waals surface area contributed by atoms with E-state index in [1.54, 1.807) is 25.1 Å². The SMILES string of the molecule is CC(C)CC1C(=O)NCCN1C(=O)Nc1ccnc(C(=O)N(C)C)c1. The Bertz CT molecular complexity index is 659. The molecule has 8 nitrogen and oxygen atoms in total. The summed E-state index contributed by atoms with van der Waals surface area (Å²) >= 11 is 0. The maximum absolute atomic E-state index is 12.6. The summed E-state index contributed by atoms with van der Waals surface area (Å²) in [5, 5.41) is 5.57. The molecule has 0 aromatic carbocycles. The van der Waals surface area contributed by atoms with E-state index >= 15 is 0 Å². The highest BCUT2D eigenvalue weighted by molar-refractivity contribution is 5.96. The van der Waals surface area contributed by atoms with Crippen molar-refractivity contribution in [2.24, 2.45) is 5.92 Å². The van der Waals surface area contributed by atoms with Crippen LogP contribution in [0.15, 0.2) is 18.3 Å². The molecule has 4 amide bonds. The molecule has 0 bridgehead atoms. The van der Waals surface area contributed by atoms with Crippen LogP contribution < -0.4 is 10.6 Å². The number of carbonyl (C=O) groups is 3. The van der Waals surface area contributed by atoms with Crippen molar-refractivity contribution in [1.29, 1.82) is 0 Å². The highest BCUT2D eigenvalue weighted by Crippen LogP contribution is 2.17. The molecular weight excluding hydrogens is 322 g/mol. The minimum absolute atomic E-state index is 0.131. The molecule has 1 aromatic rings. The predicted molar refractivity (Wildman–Crippen MR) is 94.2 cm³/mol. The van der Waals surface area contributed by atoms with E-state index in [4.69, 9.17) is 0 Å². The third kappa shape index (κ3) is 4.68. The van der Waals surface area contributed by atoms with Crippen molar-refractivity contribution in [3.63, 3.8) is 0 Å². The molecular formula is C17H25N5O3. The van der Waals surface area contributed by atoms with Crippen LogP contribution in [0.1, 0.15) is 30.8 Å². The number of nitrogens with one attached hydrogen (secondary N) is 2. The highest BCUT2D eigenvalue weighted by atomic mass is 16.2. The van der Waals surface area contributed by atoms with Crippen molar-refractivity contribution in [1.82, 2.24) is 20.1 Å². The summed E-state index contributed by atoms with van der Waals surface area (Å²) in [5.41, 5.74) is 0.720. The number of hydrogen-bond donors (Lipinski definition) is 2. The summed E-state index contributed by atoms with van der Waals surface area (Å²) in [5.74, 6) is -0.0890. The Hall–Kier alpha value is -2.64. The van der Waals surface area contributed by atoms with Crippen molar-refractivity contribution in [3.05, 3.63) is 24.0 Å². The Labute approximate surface area is 147 Å². The molecule has 0 radical (unpaired) electrons. The first-order valence-corrected chi connectivity index (χ1v) is 8.32. The van der Waals surface area contributed by atoms with E-state index in [0.29, 0.717) is 25.2 Å². The molecule has 25 heavy (non-hydrogen) atoms. The van der Waals surface area contributed by atoms with Gasteiger partial charge in [0.1, 0.15) is 11.7 Å². The van der Waals surface area contributed by atoms with Crippen molar-refractivity contribution < 1.29 is 14.4 Å². The molecule has 8 heteroatoms. The molecule has 1 atom stereocenters. The lowest BCUT2D eigenvalue weighted by atomic mass is 10.0. The van der Waals surface area contributed by atoms with E-state index in [-0.39, 0.29) is 29.5 Å². The number of aromatic nitrogens is 1. The first kappa shape index (κ1) is 18.7. The van der Waals surface area contributed by atoms with Crippen LogP contribution in [0.3, 0.4) is 0 Å². The van der Waals surface area contributed by atoms with Crippen LogP contribution in [-0.2, 0) is 4.79 Å². The number of pyridine rings is 1. The number of hydrogen-bond acceptors (Lipinski definition) is 4. The van der Waals surface area contributed by atoms with Crippen molar-refractivity contribution >= 4 is 23.5 Å². The monoisotopic (exact) mass is 347 g/mol. The molecule has 1 aliphatic heterocycles. The Morgan fingerprint density at radius 1 is 1.44 bits per heavy atom. The molecule has 2 N–H and O–H groups in total. The number of amides is 4. The van der Waals surface area contributed by atoms with Crippen LogP contribution in [0.5, 0.6) is 0 Å². The average molecular weight is 347 g/mol. The van der Waals surface area contributed by atoms with Gasteiger partial charge in [0.15, 0.2) is 0 Å². The zero-order valence-corrected chi connectivity index (χ0v) is 15.1. The second kappa shape index (κ2) is 7.96. The molecule has 1 fully saturated rings. The van der Waals surface area contributed by atoms with E-state index in [2.05, 4.69) is 15.6 Å². The molecule has 0 saturated carbocycles. The van der Waals surface area contributed by atoms with Crippen LogP contribution in [0.2, 0.25) is 0 Å². The van der Waals surface area contributed by atoms with E-state index in [9.17, 15) is 14.4 Å². The third-order valence-electron chi connectivity index (χ3n) is 3.92. The second-order valence-corrected chi connectivity index (χ2v) is 6.69. The Morgan fingerprint density at radius 2 is 2.16 bits per heavy atom. The first-order chi connectivity index (χ1) is 11.8. The van der Waals surface area contributed by atoms with E-state index in [1.165, 1.54) is 17.2 Å². The smallest absolute Gasteiger partial charge is 0.322 e. The molecule has 1 saturated heterocycles. The molecule has 0 aliphatic carbocycles. The zero-order chi connectivity index (χ0) is 18.6. The number of anilines is 1. The molecule has 2 rings (SSSR count). The zero-order valence-electron chi connectivity index (χ0n) is 15.1. The molecule has 1 unspecified atom stereocenters. The van der Waals surface area contributed by atoms with Crippen LogP contribution >= 0.6 is 0 Å². The summed E-state index contributed by atoms with van der Waals surface area (Å²) in [7, 11) is 3.27. The van der Waals surface area contributed by atoms with Gasteiger partial charge in [-0.25, -0.2) is 4.79 Å². The molecule has 2 heterocycles. The largest absolute Gasteiger partial charge is 0.353 e. The highest BCUT2D eigenvalue weighted by Gasteiger charge is 2.33. The molecule has 1 aliphatic rings. The normalized spacial score (nSPS) is 17.2. The van der Waals surface area contributed by atoms with E-state index in [0.717, 1.165) is 0 Å². The van der Waals surface area contributed by atoms with Gasteiger partial charge in [-0.3, -0.25) is 14.6 Å². The lowest BCUT2D eigenvalue weighted by Gasteiger charge is -2.35. The summed E-state index contributed by atoms with van der Waals surface area (Å²) in [4.78, 5) is 43.7. The standard InChI is InChI=1S/C17H25N5O3/c1-11(2)9-14-15(23)19-7-8-22(14)17(25)20-12-5-6-18-13(10-12)16(24)21(3)4/h5-6,10-11,14H,7-9H2,1-4H3,(H,19,23)(H,18,20,25). The van der Waals surface area contributed by atoms with Gasteiger partial charge >= 0.3 is 6.03 Å². The quantitative estimate of drug-likeness (QED) is 0.854. The fraction of sp³-hybridized carbons (Fsp3) is 0.529. The number of piperazine rings is 1. The Kier molecular flexibility index (Phi) is 5.95. The van der Waals surface area contributed by atoms with Gasteiger partial charge in [0, 0.05) is 39.1 Å². The van der Waals surface area contributed by atoms with Crippen molar-refractivity contribution in [2.45, 2.75) is 26.3 Å². The number of carbonyl (C=O) groups excluding carboxylic acids is 3. The third-order valence-corrected chi connectivity index (χ3v) is 3.92. The summed E-state index contributed by atoms with van der Waals surface area (Å²) in [6.07, 6.45) is 2.07. The maximum Gasteiger partial charge on any atom is 0.322 e. The molecule has 1 aromatic heterocycles. The van der Waals surface area contributed by atoms with Gasteiger partial charge < -0.3 is 20.4 Å². The summed E-state index contributed by atoms with van der Waals surface area (Å²) < 4.78 is 0. The summed E-state index contributed by atoms with van der Waals surface area (Å²) in [6, 6.07) is 2.31. The fourth-order valence-electron chi connectivity index (χ4n) is 2.69. The van der Waals surface area contributed by atoms with Gasteiger partial charge in [0.05, 0.1) is 0 Å². The number of nitrogens with zero attached hydrogens (tertiary/aromatic N) is 3. The predicted octanol–water partition coefficient (Wildman–Crippen LogP) is 1.16. The number of urea groups is 1. The van der Waals surface area contributed by atoms with Crippen molar-refractivity contribution in [2.75, 3.05) is 32.5 Å². The minimum atomic E-state index is -0.488. The Balaban J connectivity index is 2.13. The average Bonchev–Trinajstić information content (AvgIpc) is 2.55. The van der Waals surface area contributed by atoms with Gasteiger partial charge in [-0.2, -0.15) is 0 Å². The van der Waals surface area contributed by atoms with Crippen LogP contribution in [0.4, 0.5) is 10.5 Å². The van der Waals surface area contributed by atoms with Gasteiger partial charge in [0.25, 0.3) is 5.91 Å². The van der Waals surface area contributed by atoms with Gasteiger partial charge in [-0.05, 0) is 24.5 Å². The first-order valence-electron chi connectivity index (χ1n) is 8.32. The second-order valence-electron chi connectivity index (χ2n) is 6.69. The maximum atomic E-state index is 12.6. The molecule has 136 valence electrons. The lowest BCUT2D eigenvalue weighted by Crippen LogP contribution is -2.58. The van der Waals surface area contributed by atoms with Crippen LogP contribution in [0, 0.1) is 5.92 Å². The minimum Gasteiger partial charge on any atom is -0.353 e. The van der Waals surface area contributed by atoms with Crippen LogP contribution in [-0.4, -0.2) is 65.9 Å². The van der Waals surface area contributed by atoms with Gasteiger partial charge in [-0.1, -0.05) is 13.8 Å². The van der Waals surface area contributed by atoms with Crippen molar-refractivity contribution in [3.8, 4) is 0 Å². The lowest BCUT2D eigenvalue weighted by molar-refractivity contribution is -0.128. The van der Waals surface area contributed by atoms with E-state index < -0.39 is 6.04 Å². The van der Waals surface area contributed by atoms with Crippen LogP contribution in [0.25, 0.3) is 0 Å². The number of rotatable bonds is 4. The summed E-state index contributed by atoms with van der Waals surface area (Å²) in [6.45, 7) is 4.91. The molecule has 0 spiro atoms. The van der Waals surface area contributed by atoms with E-state index in [1.807, 2.05) is 13.8 Å². The van der Waals surface area contributed by atoms with Gasteiger partial charge in [-0.15, -0.1) is 0 Å². The fourth-order valence-corrected chi connectivity index (χ4v) is 2.69. The topological polar surface area (TPSA) is 94.6 Å². The Morgan fingerprint density at radius 3 is 2.80 bits per heavy atom.